The van der Waals surface area contributed by atoms with Crippen molar-refractivity contribution in [2.24, 2.45) is 10.3 Å². The topological polar surface area (TPSA) is 82.9 Å². The Hall–Kier alpha value is -1.92. The smallest absolute Gasteiger partial charge is 0.358 e. The van der Waals surface area contributed by atoms with Crippen LogP contribution in [-0.2, 0) is 4.74 Å². The predicted octanol–water partition coefficient (Wildman–Crippen LogP) is 2.85. The maximum atomic E-state index is 11.7. The Bertz CT molecular complexity index is 465. The average molecular weight is 279 g/mol. The molecule has 2 rings (SSSR count). The lowest BCUT2D eigenvalue weighted by molar-refractivity contribution is 0.0521. The summed E-state index contributed by atoms with van der Waals surface area (Å²) in [5, 5.41) is 10.1. The molecule has 0 unspecified atom stereocenters. The van der Waals surface area contributed by atoms with E-state index in [-0.39, 0.29) is 11.5 Å². The molecule has 0 aliphatic heterocycles. The minimum Gasteiger partial charge on any atom is -0.461 e. The van der Waals surface area contributed by atoms with Crippen LogP contribution in [0.15, 0.2) is 16.7 Å². The fourth-order valence-electron chi connectivity index (χ4n) is 2.36. The van der Waals surface area contributed by atoms with Crippen molar-refractivity contribution >= 4 is 11.8 Å². The van der Waals surface area contributed by atoms with E-state index in [9.17, 15) is 4.79 Å². The summed E-state index contributed by atoms with van der Waals surface area (Å²) < 4.78 is 4.92. The molecule has 1 aromatic heterocycles. The quantitative estimate of drug-likeness (QED) is 0.510. The van der Waals surface area contributed by atoms with Gasteiger partial charge in [0.25, 0.3) is 0 Å². The molecule has 1 heterocycles. The predicted molar refractivity (Wildman–Crippen MR) is 73.7 cm³/mol. The number of carbonyl (C=O) groups excluding carboxylic acids is 1. The maximum Gasteiger partial charge on any atom is 0.358 e. The fraction of sp³-hybridized carbons (Fsp3) is 0.692. The third kappa shape index (κ3) is 3.55. The Balaban J connectivity index is 2.00. The van der Waals surface area contributed by atoms with Gasteiger partial charge in [-0.25, -0.2) is 9.78 Å². The lowest BCUT2D eigenvalue weighted by atomic mass is 9.95. The first-order valence-electron chi connectivity index (χ1n) is 7.07. The summed E-state index contributed by atoms with van der Waals surface area (Å²) in [5.74, 6) is -0.189. The number of rotatable bonds is 5. The first kappa shape index (κ1) is 14.5. The minimum atomic E-state index is -0.459. The molecule has 20 heavy (non-hydrogen) atoms. The van der Waals surface area contributed by atoms with Crippen LogP contribution in [0.2, 0.25) is 0 Å². The highest BCUT2D eigenvalue weighted by molar-refractivity contribution is 5.91. The monoisotopic (exact) mass is 279 g/mol. The zero-order valence-electron chi connectivity index (χ0n) is 12.0. The van der Waals surface area contributed by atoms with Crippen LogP contribution in [0.25, 0.3) is 0 Å². The fourth-order valence-corrected chi connectivity index (χ4v) is 2.36. The van der Waals surface area contributed by atoms with Crippen molar-refractivity contribution in [1.29, 1.82) is 0 Å². The maximum absolute atomic E-state index is 11.7. The van der Waals surface area contributed by atoms with Gasteiger partial charge in [-0.2, -0.15) is 0 Å². The van der Waals surface area contributed by atoms with Crippen molar-refractivity contribution < 1.29 is 9.53 Å². The van der Waals surface area contributed by atoms with Crippen LogP contribution in [0.5, 0.6) is 0 Å². The molecule has 0 atom stereocenters. The van der Waals surface area contributed by atoms with E-state index in [1.165, 1.54) is 25.6 Å². The second-order valence-corrected chi connectivity index (χ2v) is 4.88. The van der Waals surface area contributed by atoms with E-state index in [1.54, 1.807) is 6.92 Å². The van der Waals surface area contributed by atoms with Crippen molar-refractivity contribution in [1.82, 2.24) is 15.0 Å². The SMILES string of the molecule is CCOC(=O)c1[nH]cnc1/N=N/N(C)C1CCCCC1. The highest BCUT2D eigenvalue weighted by Crippen LogP contribution is 2.23. The number of ether oxygens (including phenoxy) is 1. The molecule has 7 nitrogen and oxygen atoms in total. The van der Waals surface area contributed by atoms with E-state index < -0.39 is 5.97 Å². The van der Waals surface area contributed by atoms with Gasteiger partial charge in [0.05, 0.1) is 12.9 Å². The van der Waals surface area contributed by atoms with Crippen LogP contribution in [0.4, 0.5) is 5.82 Å². The molecule has 1 N–H and O–H groups in total. The van der Waals surface area contributed by atoms with E-state index in [2.05, 4.69) is 20.3 Å². The van der Waals surface area contributed by atoms with Crippen LogP contribution in [0, 0.1) is 0 Å². The Kier molecular flexibility index (Phi) is 5.09. The Morgan fingerprint density at radius 1 is 1.50 bits per heavy atom. The van der Waals surface area contributed by atoms with Gasteiger partial charge in [-0.1, -0.05) is 24.5 Å². The van der Waals surface area contributed by atoms with Crippen LogP contribution < -0.4 is 0 Å². The van der Waals surface area contributed by atoms with Gasteiger partial charge in [0.1, 0.15) is 0 Å². The van der Waals surface area contributed by atoms with Crippen molar-refractivity contribution in [3.8, 4) is 0 Å². The van der Waals surface area contributed by atoms with E-state index in [4.69, 9.17) is 4.74 Å². The lowest BCUT2D eigenvalue weighted by Gasteiger charge is -2.27. The Morgan fingerprint density at radius 3 is 2.95 bits per heavy atom. The number of hydrogen-bond acceptors (Lipinski definition) is 5. The van der Waals surface area contributed by atoms with Crippen LogP contribution in [0.3, 0.4) is 0 Å². The van der Waals surface area contributed by atoms with E-state index in [0.29, 0.717) is 12.6 Å². The van der Waals surface area contributed by atoms with Crippen LogP contribution in [-0.4, -0.2) is 40.6 Å². The number of carbonyl (C=O) groups is 1. The summed E-state index contributed by atoms with van der Waals surface area (Å²) >= 11 is 0. The number of H-pyrrole nitrogens is 1. The summed E-state index contributed by atoms with van der Waals surface area (Å²) in [6.07, 6.45) is 7.47. The minimum absolute atomic E-state index is 0.243. The van der Waals surface area contributed by atoms with E-state index in [0.717, 1.165) is 12.8 Å². The molecule has 7 heteroatoms. The molecule has 0 spiro atoms. The van der Waals surface area contributed by atoms with Gasteiger partial charge >= 0.3 is 5.97 Å². The Morgan fingerprint density at radius 2 is 2.25 bits per heavy atom. The molecule has 110 valence electrons. The van der Waals surface area contributed by atoms with Gasteiger partial charge < -0.3 is 9.72 Å². The molecule has 1 saturated carbocycles. The molecule has 0 amide bonds. The summed E-state index contributed by atoms with van der Waals surface area (Å²) in [6, 6.07) is 0.428. The van der Waals surface area contributed by atoms with E-state index >= 15 is 0 Å². The molecule has 1 aromatic rings. The van der Waals surface area contributed by atoms with Gasteiger partial charge in [0.2, 0.25) is 5.82 Å². The summed E-state index contributed by atoms with van der Waals surface area (Å²) in [7, 11) is 1.91. The molecule has 1 fully saturated rings. The average Bonchev–Trinajstić information content (AvgIpc) is 2.94. The number of hydrogen-bond donors (Lipinski definition) is 1. The number of imidazole rings is 1. The molecule has 0 aromatic carbocycles. The van der Waals surface area contributed by atoms with Crippen molar-refractivity contribution in [3.63, 3.8) is 0 Å². The first-order chi connectivity index (χ1) is 9.72. The number of esters is 1. The first-order valence-corrected chi connectivity index (χ1v) is 7.07. The third-order valence-electron chi connectivity index (χ3n) is 3.48. The van der Waals surface area contributed by atoms with Crippen molar-refractivity contribution in [2.75, 3.05) is 13.7 Å². The normalized spacial score (nSPS) is 16.5. The second-order valence-electron chi connectivity index (χ2n) is 4.88. The van der Waals surface area contributed by atoms with E-state index in [1.807, 2.05) is 12.1 Å². The summed E-state index contributed by atoms with van der Waals surface area (Å²) in [5.41, 5.74) is 0.243. The molecule has 0 bridgehead atoms. The zero-order chi connectivity index (χ0) is 14.4. The van der Waals surface area contributed by atoms with Gasteiger partial charge in [-0.05, 0) is 19.8 Å². The molecule has 1 aliphatic rings. The molecule has 1 aliphatic carbocycles. The van der Waals surface area contributed by atoms with Crippen molar-refractivity contribution in [2.45, 2.75) is 45.1 Å². The largest absolute Gasteiger partial charge is 0.461 e. The Labute approximate surface area is 118 Å². The van der Waals surface area contributed by atoms with Crippen LogP contribution >= 0.6 is 0 Å². The summed E-state index contributed by atoms with van der Waals surface area (Å²) in [6.45, 7) is 2.07. The number of nitrogens with one attached hydrogen (secondary N) is 1. The highest BCUT2D eigenvalue weighted by Gasteiger charge is 2.18. The van der Waals surface area contributed by atoms with Gasteiger partial charge in [-0.3, -0.25) is 5.01 Å². The van der Waals surface area contributed by atoms with Gasteiger partial charge in [0, 0.05) is 13.1 Å². The van der Waals surface area contributed by atoms with Crippen LogP contribution in [0.1, 0.15) is 49.5 Å². The number of aromatic amines is 1. The third-order valence-corrected chi connectivity index (χ3v) is 3.48. The zero-order valence-corrected chi connectivity index (χ0v) is 12.0. The second kappa shape index (κ2) is 7.02. The van der Waals surface area contributed by atoms with Crippen molar-refractivity contribution in [3.05, 3.63) is 12.0 Å². The standard InChI is InChI=1S/C13H21N5O2/c1-3-20-13(19)11-12(15-9-14-11)16-17-18(2)10-7-5-4-6-8-10/h9-10H,3-8H2,1-2H3,(H,14,15)/b17-16+. The molecular weight excluding hydrogens is 258 g/mol. The lowest BCUT2D eigenvalue weighted by Crippen LogP contribution is -2.28. The number of aromatic nitrogens is 2. The summed E-state index contributed by atoms with van der Waals surface area (Å²) in [4.78, 5) is 18.4. The van der Waals surface area contributed by atoms with Gasteiger partial charge in [-0.15, -0.1) is 5.11 Å². The molecular formula is C13H21N5O2. The molecule has 0 saturated heterocycles. The van der Waals surface area contributed by atoms with Gasteiger partial charge in [0.15, 0.2) is 5.69 Å². The highest BCUT2D eigenvalue weighted by atomic mass is 16.5. The molecule has 0 radical (unpaired) electrons. The number of nitrogens with zero attached hydrogens (tertiary/aromatic N) is 4.